The van der Waals surface area contributed by atoms with E-state index in [4.69, 9.17) is 19.6 Å². The molecule has 188 valence electrons. The van der Waals surface area contributed by atoms with Crippen LogP contribution < -0.4 is 14.5 Å². The average molecular weight is 496 g/mol. The summed E-state index contributed by atoms with van der Waals surface area (Å²) in [5.74, 6) is 3.14. The number of carbonyl (C=O) groups is 1. The molecule has 4 heterocycles. The van der Waals surface area contributed by atoms with E-state index in [0.29, 0.717) is 31.1 Å². The highest BCUT2D eigenvalue weighted by Crippen LogP contribution is 2.41. The van der Waals surface area contributed by atoms with E-state index in [9.17, 15) is 4.79 Å². The SMILES string of the molecule is Cc1nn2c(c1-c1cccnc1N1CCOCC1)N(C(=O)c1ccc(Oc3ccccc3)cc1)CCC2. The molecule has 1 saturated heterocycles. The van der Waals surface area contributed by atoms with Gasteiger partial charge < -0.3 is 14.4 Å². The van der Waals surface area contributed by atoms with Crippen LogP contribution in [0.1, 0.15) is 22.5 Å². The fraction of sp³-hybridized carbons (Fsp3) is 0.276. The first-order valence-corrected chi connectivity index (χ1v) is 12.7. The van der Waals surface area contributed by atoms with Crippen LogP contribution in [-0.2, 0) is 11.3 Å². The van der Waals surface area contributed by atoms with Crippen LogP contribution in [0.25, 0.3) is 11.1 Å². The Morgan fingerprint density at radius 2 is 1.65 bits per heavy atom. The molecular formula is C29H29N5O3. The van der Waals surface area contributed by atoms with Crippen LogP contribution in [-0.4, -0.2) is 53.5 Å². The van der Waals surface area contributed by atoms with Gasteiger partial charge in [-0.25, -0.2) is 9.67 Å². The molecular weight excluding hydrogens is 466 g/mol. The number of benzene rings is 2. The van der Waals surface area contributed by atoms with Gasteiger partial charge >= 0.3 is 0 Å². The normalized spacial score (nSPS) is 15.4. The third-order valence-electron chi connectivity index (χ3n) is 6.80. The smallest absolute Gasteiger partial charge is 0.259 e. The molecule has 0 spiro atoms. The quantitative estimate of drug-likeness (QED) is 0.391. The van der Waals surface area contributed by atoms with Crippen LogP contribution in [0.15, 0.2) is 72.9 Å². The van der Waals surface area contributed by atoms with E-state index in [1.807, 2.05) is 83.4 Å². The van der Waals surface area contributed by atoms with Crippen molar-refractivity contribution in [1.29, 1.82) is 0 Å². The lowest BCUT2D eigenvalue weighted by atomic mass is 10.0. The Balaban J connectivity index is 1.33. The van der Waals surface area contributed by atoms with Crippen molar-refractivity contribution in [3.8, 4) is 22.6 Å². The molecule has 1 fully saturated rings. The lowest BCUT2D eigenvalue weighted by Gasteiger charge is -2.31. The largest absolute Gasteiger partial charge is 0.457 e. The minimum absolute atomic E-state index is 0.0508. The van der Waals surface area contributed by atoms with E-state index in [1.54, 1.807) is 0 Å². The number of amides is 1. The summed E-state index contributed by atoms with van der Waals surface area (Å²) in [7, 11) is 0. The van der Waals surface area contributed by atoms with Crippen LogP contribution in [0.2, 0.25) is 0 Å². The summed E-state index contributed by atoms with van der Waals surface area (Å²) in [6.45, 7) is 6.34. The molecule has 8 heteroatoms. The number of para-hydroxylation sites is 1. The zero-order chi connectivity index (χ0) is 25.2. The van der Waals surface area contributed by atoms with Crippen LogP contribution in [0.3, 0.4) is 0 Å². The maximum Gasteiger partial charge on any atom is 0.259 e. The number of rotatable bonds is 5. The highest BCUT2D eigenvalue weighted by Gasteiger charge is 2.32. The number of pyridine rings is 1. The number of hydrogen-bond acceptors (Lipinski definition) is 6. The molecule has 0 unspecified atom stereocenters. The second-order valence-electron chi connectivity index (χ2n) is 9.23. The average Bonchev–Trinajstić information content (AvgIpc) is 3.30. The van der Waals surface area contributed by atoms with Gasteiger partial charge in [0, 0.05) is 43.5 Å². The van der Waals surface area contributed by atoms with Crippen molar-refractivity contribution < 1.29 is 14.3 Å². The molecule has 2 aromatic heterocycles. The zero-order valence-corrected chi connectivity index (χ0v) is 20.8. The Morgan fingerprint density at radius 3 is 2.43 bits per heavy atom. The number of anilines is 2. The van der Waals surface area contributed by atoms with Crippen molar-refractivity contribution in [3.05, 3.63) is 84.2 Å². The topological polar surface area (TPSA) is 72.7 Å². The number of aryl methyl sites for hydroxylation is 2. The molecule has 0 N–H and O–H groups in total. The van der Waals surface area contributed by atoms with Crippen LogP contribution >= 0.6 is 0 Å². The van der Waals surface area contributed by atoms with Crippen LogP contribution in [0, 0.1) is 6.92 Å². The minimum Gasteiger partial charge on any atom is -0.457 e. The van der Waals surface area contributed by atoms with Gasteiger partial charge in [0.25, 0.3) is 5.91 Å². The lowest BCUT2D eigenvalue weighted by Crippen LogP contribution is -2.38. The van der Waals surface area contributed by atoms with Gasteiger partial charge in [-0.3, -0.25) is 9.69 Å². The summed E-state index contributed by atoms with van der Waals surface area (Å²) in [6, 6.07) is 21.0. The van der Waals surface area contributed by atoms with Crippen molar-refractivity contribution >= 4 is 17.5 Å². The standard InChI is InChI=1S/C29H29N5O3/c1-21-26(25-9-5-14-30-27(25)32-17-19-36-20-18-32)28-33(15-6-16-34(28)31-21)29(35)22-10-12-24(13-11-22)37-23-7-3-2-4-8-23/h2-5,7-14H,6,15-20H2,1H3. The summed E-state index contributed by atoms with van der Waals surface area (Å²) in [5.41, 5.74) is 3.46. The van der Waals surface area contributed by atoms with Crippen molar-refractivity contribution in [3.63, 3.8) is 0 Å². The highest BCUT2D eigenvalue weighted by molar-refractivity contribution is 6.08. The first kappa shape index (κ1) is 23.2. The van der Waals surface area contributed by atoms with Gasteiger partial charge in [-0.05, 0) is 61.9 Å². The maximum atomic E-state index is 13.8. The number of fused-ring (bicyclic) bond motifs is 1. The van der Waals surface area contributed by atoms with Crippen molar-refractivity contribution in [2.24, 2.45) is 0 Å². The predicted molar refractivity (Wildman–Crippen MR) is 142 cm³/mol. The molecule has 2 aromatic carbocycles. The van der Waals surface area contributed by atoms with E-state index < -0.39 is 0 Å². The second-order valence-corrected chi connectivity index (χ2v) is 9.23. The van der Waals surface area contributed by atoms with E-state index in [0.717, 1.165) is 60.3 Å². The molecule has 4 aromatic rings. The first-order valence-electron chi connectivity index (χ1n) is 12.7. The van der Waals surface area contributed by atoms with E-state index in [1.165, 1.54) is 0 Å². The summed E-state index contributed by atoms with van der Waals surface area (Å²) >= 11 is 0. The van der Waals surface area contributed by atoms with Crippen molar-refractivity contribution in [2.45, 2.75) is 19.9 Å². The van der Waals surface area contributed by atoms with Gasteiger partial charge in [-0.2, -0.15) is 5.10 Å². The van der Waals surface area contributed by atoms with Crippen LogP contribution in [0.4, 0.5) is 11.6 Å². The fourth-order valence-electron chi connectivity index (χ4n) is 5.06. The van der Waals surface area contributed by atoms with E-state index in [2.05, 4.69) is 11.0 Å². The lowest BCUT2D eigenvalue weighted by molar-refractivity contribution is 0.0981. The van der Waals surface area contributed by atoms with Crippen molar-refractivity contribution in [2.75, 3.05) is 42.6 Å². The van der Waals surface area contributed by atoms with E-state index in [-0.39, 0.29) is 5.91 Å². The van der Waals surface area contributed by atoms with Gasteiger partial charge in [0.05, 0.1) is 24.5 Å². The Kier molecular flexibility index (Phi) is 6.32. The molecule has 37 heavy (non-hydrogen) atoms. The number of hydrogen-bond donors (Lipinski definition) is 0. The number of aromatic nitrogens is 3. The molecule has 6 rings (SSSR count). The predicted octanol–water partition coefficient (Wildman–Crippen LogP) is 4.93. The zero-order valence-electron chi connectivity index (χ0n) is 20.8. The Hall–Kier alpha value is -4.17. The minimum atomic E-state index is -0.0508. The molecule has 0 radical (unpaired) electrons. The summed E-state index contributed by atoms with van der Waals surface area (Å²) < 4.78 is 13.4. The fourth-order valence-corrected chi connectivity index (χ4v) is 5.06. The molecule has 0 saturated carbocycles. The Morgan fingerprint density at radius 1 is 0.892 bits per heavy atom. The maximum absolute atomic E-state index is 13.8. The summed E-state index contributed by atoms with van der Waals surface area (Å²) in [6.07, 6.45) is 2.67. The molecule has 0 aliphatic carbocycles. The highest BCUT2D eigenvalue weighted by atomic mass is 16.5. The summed E-state index contributed by atoms with van der Waals surface area (Å²) in [5, 5.41) is 4.83. The second kappa shape index (κ2) is 10.1. The first-order chi connectivity index (χ1) is 18.2. The van der Waals surface area contributed by atoms with E-state index >= 15 is 0 Å². The van der Waals surface area contributed by atoms with Gasteiger partial charge in [0.1, 0.15) is 23.1 Å². The van der Waals surface area contributed by atoms with Crippen LogP contribution in [0.5, 0.6) is 11.5 Å². The Labute approximate surface area is 216 Å². The molecule has 8 nitrogen and oxygen atoms in total. The van der Waals surface area contributed by atoms with Gasteiger partial charge in [-0.1, -0.05) is 18.2 Å². The molecule has 2 aliphatic heterocycles. The summed E-state index contributed by atoms with van der Waals surface area (Å²) in [4.78, 5) is 22.7. The van der Waals surface area contributed by atoms with Gasteiger partial charge in [0.15, 0.2) is 0 Å². The monoisotopic (exact) mass is 495 g/mol. The molecule has 1 amide bonds. The molecule has 0 bridgehead atoms. The Bertz CT molecular complexity index is 1400. The van der Waals surface area contributed by atoms with Gasteiger partial charge in [0.2, 0.25) is 0 Å². The number of ether oxygens (including phenoxy) is 2. The molecule has 0 atom stereocenters. The third-order valence-corrected chi connectivity index (χ3v) is 6.80. The molecule has 2 aliphatic rings. The number of nitrogens with zero attached hydrogens (tertiary/aromatic N) is 5. The number of carbonyl (C=O) groups excluding carboxylic acids is 1. The van der Waals surface area contributed by atoms with Gasteiger partial charge in [-0.15, -0.1) is 0 Å². The number of morpholine rings is 1. The third kappa shape index (κ3) is 4.56. The van der Waals surface area contributed by atoms with Crippen molar-refractivity contribution in [1.82, 2.24) is 14.8 Å².